The topological polar surface area (TPSA) is 130 Å². The second kappa shape index (κ2) is 9.71. The summed E-state index contributed by atoms with van der Waals surface area (Å²) in [5, 5.41) is 18.6. The summed E-state index contributed by atoms with van der Waals surface area (Å²) in [7, 11) is 1.51. The van der Waals surface area contributed by atoms with E-state index in [9.17, 15) is 9.59 Å². The van der Waals surface area contributed by atoms with Crippen molar-refractivity contribution >= 4 is 29.1 Å². The SMILES string of the molecule is COc1cc(-c2cc(C(=O)N3CCC(C(=O)NCc4nnc5ccccn45)CC3)[nH]n2)c(Cl)cn1. The van der Waals surface area contributed by atoms with Crippen LogP contribution in [0.4, 0.5) is 0 Å². The first-order valence-electron chi connectivity index (χ1n) is 11.1. The second-order valence-corrected chi connectivity index (χ2v) is 8.61. The van der Waals surface area contributed by atoms with Crippen molar-refractivity contribution in [1.29, 1.82) is 0 Å². The van der Waals surface area contributed by atoms with Gasteiger partial charge in [-0.2, -0.15) is 5.10 Å². The first-order valence-corrected chi connectivity index (χ1v) is 11.5. The van der Waals surface area contributed by atoms with Crippen molar-refractivity contribution < 1.29 is 14.3 Å². The molecule has 0 radical (unpaired) electrons. The monoisotopic (exact) mass is 494 g/mol. The Balaban J connectivity index is 1.17. The number of hydrogen-bond acceptors (Lipinski definition) is 7. The van der Waals surface area contributed by atoms with Crippen LogP contribution in [-0.4, -0.2) is 66.7 Å². The van der Waals surface area contributed by atoms with Crippen LogP contribution in [0.25, 0.3) is 16.9 Å². The Hall–Kier alpha value is -3.99. The van der Waals surface area contributed by atoms with Crippen molar-refractivity contribution in [2.75, 3.05) is 20.2 Å². The molecule has 0 spiro atoms. The molecule has 1 fully saturated rings. The standard InChI is InChI=1S/C23H23ClN8O3/c1-35-21-10-15(16(24)12-25-21)17-11-18(28-27-17)23(34)31-8-5-14(6-9-31)22(33)26-13-20-30-29-19-4-2-3-7-32(19)20/h2-4,7,10-12,14H,5-6,8-9,13H2,1H3,(H,26,33)(H,27,28). The van der Waals surface area contributed by atoms with E-state index in [1.54, 1.807) is 17.0 Å². The summed E-state index contributed by atoms with van der Waals surface area (Å²) in [5.41, 5.74) is 2.23. The van der Waals surface area contributed by atoms with Gasteiger partial charge in [0.25, 0.3) is 5.91 Å². The van der Waals surface area contributed by atoms with Crippen LogP contribution in [0, 0.1) is 5.92 Å². The lowest BCUT2D eigenvalue weighted by Gasteiger charge is -2.30. The highest BCUT2D eigenvalue weighted by Gasteiger charge is 2.29. The molecule has 4 aromatic heterocycles. The predicted octanol–water partition coefficient (Wildman–Crippen LogP) is 2.34. The van der Waals surface area contributed by atoms with E-state index in [2.05, 4.69) is 30.7 Å². The number of aromatic amines is 1. The fraction of sp³-hybridized carbons (Fsp3) is 0.304. The van der Waals surface area contributed by atoms with Gasteiger partial charge in [-0.1, -0.05) is 17.7 Å². The highest BCUT2D eigenvalue weighted by molar-refractivity contribution is 6.33. The number of aromatic nitrogens is 6. The molecule has 0 atom stereocenters. The van der Waals surface area contributed by atoms with E-state index in [-0.39, 0.29) is 17.7 Å². The van der Waals surface area contributed by atoms with Crippen LogP contribution in [0.1, 0.15) is 29.2 Å². The third-order valence-corrected chi connectivity index (χ3v) is 6.38. The normalized spacial score (nSPS) is 14.3. The fourth-order valence-corrected chi connectivity index (χ4v) is 4.33. The number of halogens is 1. The third-order valence-electron chi connectivity index (χ3n) is 6.08. The average Bonchev–Trinajstić information content (AvgIpc) is 3.55. The van der Waals surface area contributed by atoms with Gasteiger partial charge >= 0.3 is 0 Å². The van der Waals surface area contributed by atoms with Crippen LogP contribution < -0.4 is 10.1 Å². The molecule has 0 unspecified atom stereocenters. The Morgan fingerprint density at radius 3 is 2.86 bits per heavy atom. The Morgan fingerprint density at radius 2 is 2.06 bits per heavy atom. The van der Waals surface area contributed by atoms with Crippen LogP contribution in [0.2, 0.25) is 5.02 Å². The summed E-state index contributed by atoms with van der Waals surface area (Å²) in [6, 6.07) is 8.95. The Labute approximate surface area is 205 Å². The molecule has 1 aliphatic heterocycles. The number of nitrogens with zero attached hydrogens (tertiary/aromatic N) is 6. The number of ether oxygens (including phenoxy) is 1. The number of hydrogen-bond donors (Lipinski definition) is 2. The van der Waals surface area contributed by atoms with Gasteiger partial charge in [-0.15, -0.1) is 10.2 Å². The lowest BCUT2D eigenvalue weighted by Crippen LogP contribution is -2.43. The van der Waals surface area contributed by atoms with Gasteiger partial charge in [-0.3, -0.25) is 19.1 Å². The number of pyridine rings is 2. The highest BCUT2D eigenvalue weighted by atomic mass is 35.5. The maximum absolute atomic E-state index is 13.0. The van der Waals surface area contributed by atoms with Gasteiger partial charge in [-0.25, -0.2) is 4.98 Å². The second-order valence-electron chi connectivity index (χ2n) is 8.20. The largest absolute Gasteiger partial charge is 0.481 e. The minimum absolute atomic E-state index is 0.0464. The lowest BCUT2D eigenvalue weighted by molar-refractivity contribution is -0.126. The number of methoxy groups -OCH3 is 1. The fourth-order valence-electron chi connectivity index (χ4n) is 4.13. The van der Waals surface area contributed by atoms with Gasteiger partial charge in [0.15, 0.2) is 11.5 Å². The van der Waals surface area contributed by atoms with E-state index in [0.29, 0.717) is 66.2 Å². The molecule has 12 heteroatoms. The quantitative estimate of drug-likeness (QED) is 0.420. The van der Waals surface area contributed by atoms with Crippen molar-refractivity contribution in [1.82, 2.24) is 40.0 Å². The zero-order valence-electron chi connectivity index (χ0n) is 18.9. The molecule has 11 nitrogen and oxygen atoms in total. The average molecular weight is 495 g/mol. The molecule has 2 N–H and O–H groups in total. The van der Waals surface area contributed by atoms with E-state index >= 15 is 0 Å². The zero-order valence-corrected chi connectivity index (χ0v) is 19.7. The highest BCUT2D eigenvalue weighted by Crippen LogP contribution is 2.29. The molecule has 35 heavy (non-hydrogen) atoms. The van der Waals surface area contributed by atoms with E-state index in [4.69, 9.17) is 16.3 Å². The van der Waals surface area contributed by atoms with Crippen LogP contribution in [0.15, 0.2) is 42.7 Å². The van der Waals surface area contributed by atoms with Crippen molar-refractivity contribution in [2.45, 2.75) is 19.4 Å². The molecule has 5 rings (SSSR count). The molecule has 0 saturated carbocycles. The minimum Gasteiger partial charge on any atom is -0.481 e. The number of fused-ring (bicyclic) bond motifs is 1. The van der Waals surface area contributed by atoms with E-state index in [1.165, 1.54) is 13.3 Å². The van der Waals surface area contributed by atoms with Crippen molar-refractivity contribution in [3.63, 3.8) is 0 Å². The molecule has 1 saturated heterocycles. The summed E-state index contributed by atoms with van der Waals surface area (Å²) in [6.07, 6.45) is 4.49. The number of piperidine rings is 1. The van der Waals surface area contributed by atoms with Crippen molar-refractivity contribution in [3.05, 3.63) is 59.3 Å². The lowest BCUT2D eigenvalue weighted by atomic mass is 9.95. The summed E-state index contributed by atoms with van der Waals surface area (Å²) in [6.45, 7) is 1.24. The van der Waals surface area contributed by atoms with Gasteiger partial charge in [0, 0.05) is 36.8 Å². The summed E-state index contributed by atoms with van der Waals surface area (Å²) < 4.78 is 6.99. The summed E-state index contributed by atoms with van der Waals surface area (Å²) in [4.78, 5) is 31.5. The molecule has 4 aromatic rings. The first kappa shape index (κ1) is 22.8. The van der Waals surface area contributed by atoms with Crippen LogP contribution >= 0.6 is 11.6 Å². The smallest absolute Gasteiger partial charge is 0.271 e. The number of likely N-dealkylation sites (tertiary alicyclic amines) is 1. The Morgan fingerprint density at radius 1 is 1.23 bits per heavy atom. The zero-order chi connectivity index (χ0) is 24.4. The minimum atomic E-state index is -0.172. The van der Waals surface area contributed by atoms with Crippen molar-refractivity contribution in [2.24, 2.45) is 5.92 Å². The molecule has 1 aliphatic rings. The van der Waals surface area contributed by atoms with Gasteiger partial charge in [-0.05, 0) is 31.0 Å². The van der Waals surface area contributed by atoms with E-state index in [0.717, 1.165) is 5.65 Å². The Bertz CT molecular complexity index is 1380. The third kappa shape index (κ3) is 4.67. The van der Waals surface area contributed by atoms with E-state index < -0.39 is 0 Å². The number of rotatable bonds is 6. The Kier molecular flexibility index (Phi) is 6.32. The molecule has 0 aromatic carbocycles. The van der Waals surface area contributed by atoms with Crippen LogP contribution in [0.5, 0.6) is 5.88 Å². The van der Waals surface area contributed by atoms with Crippen molar-refractivity contribution in [3.8, 4) is 17.1 Å². The molecular weight excluding hydrogens is 472 g/mol. The number of amides is 2. The molecular formula is C23H23ClN8O3. The number of carbonyl (C=O) groups excluding carboxylic acids is 2. The van der Waals surface area contributed by atoms with Gasteiger partial charge in [0.05, 0.1) is 30.6 Å². The molecule has 0 bridgehead atoms. The van der Waals surface area contributed by atoms with Gasteiger partial charge in [0.1, 0.15) is 5.69 Å². The predicted molar refractivity (Wildman–Crippen MR) is 127 cm³/mol. The molecule has 2 amide bonds. The maximum atomic E-state index is 13.0. The molecule has 180 valence electrons. The number of H-pyrrole nitrogens is 1. The summed E-state index contributed by atoms with van der Waals surface area (Å²) in [5.74, 6) is 0.685. The van der Waals surface area contributed by atoms with Crippen LogP contribution in [0.3, 0.4) is 0 Å². The van der Waals surface area contributed by atoms with E-state index in [1.807, 2.05) is 28.8 Å². The maximum Gasteiger partial charge on any atom is 0.271 e. The molecule has 5 heterocycles. The number of nitrogens with one attached hydrogen (secondary N) is 2. The van der Waals surface area contributed by atoms with Crippen LogP contribution in [-0.2, 0) is 11.3 Å². The van der Waals surface area contributed by atoms with Gasteiger partial charge < -0.3 is 15.0 Å². The number of carbonyl (C=O) groups is 2. The first-order chi connectivity index (χ1) is 17.0. The molecule has 0 aliphatic carbocycles. The van der Waals surface area contributed by atoms with Gasteiger partial charge in [0.2, 0.25) is 11.8 Å². The summed E-state index contributed by atoms with van der Waals surface area (Å²) >= 11 is 6.24.